The summed E-state index contributed by atoms with van der Waals surface area (Å²) >= 11 is 16.1. The van der Waals surface area contributed by atoms with Gasteiger partial charge in [-0.2, -0.15) is 0 Å². The fourth-order valence-corrected chi connectivity index (χ4v) is 3.10. The molecule has 19 heavy (non-hydrogen) atoms. The molecule has 0 aliphatic rings. The zero-order valence-corrected chi connectivity index (χ0v) is 13.5. The third-order valence-electron chi connectivity index (χ3n) is 2.85. The lowest BCUT2D eigenvalue weighted by Gasteiger charge is -2.12. The maximum Gasteiger partial charge on any atom is 0.119 e. The van der Waals surface area contributed by atoms with E-state index in [1.807, 2.05) is 42.5 Å². The number of methoxy groups -OCH3 is 1. The van der Waals surface area contributed by atoms with Crippen LogP contribution in [0.15, 0.2) is 46.9 Å². The Labute approximate surface area is 131 Å². The van der Waals surface area contributed by atoms with Gasteiger partial charge in [0.25, 0.3) is 0 Å². The van der Waals surface area contributed by atoms with Gasteiger partial charge in [-0.1, -0.05) is 45.7 Å². The van der Waals surface area contributed by atoms with Crippen molar-refractivity contribution in [2.45, 2.75) is 11.8 Å². The predicted octanol–water partition coefficient (Wildman–Crippen LogP) is 5.63. The average Bonchev–Trinajstić information content (AvgIpc) is 2.38. The number of ether oxygens (including phenoxy) is 1. The summed E-state index contributed by atoms with van der Waals surface area (Å²) in [5, 5.41) is 0.518. The number of alkyl halides is 1. The second kappa shape index (κ2) is 6.65. The van der Waals surface area contributed by atoms with Crippen LogP contribution in [-0.2, 0) is 6.42 Å². The Hall–Kier alpha value is -0.700. The monoisotopic (exact) mass is 358 g/mol. The molecule has 2 aromatic rings. The highest BCUT2D eigenvalue weighted by molar-refractivity contribution is 9.10. The molecule has 2 aromatic carbocycles. The van der Waals surface area contributed by atoms with Crippen LogP contribution < -0.4 is 4.74 Å². The molecule has 0 saturated carbocycles. The normalized spacial score (nSPS) is 12.2. The van der Waals surface area contributed by atoms with Crippen LogP contribution >= 0.6 is 39.1 Å². The lowest BCUT2D eigenvalue weighted by Crippen LogP contribution is -1.97. The van der Waals surface area contributed by atoms with Gasteiger partial charge in [-0.15, -0.1) is 11.6 Å². The Morgan fingerprint density at radius 1 is 1.21 bits per heavy atom. The smallest absolute Gasteiger partial charge is 0.119 e. The SMILES string of the molecule is COc1cccc(CC(Cl)c2ccc(Br)cc2Cl)c1. The van der Waals surface area contributed by atoms with Gasteiger partial charge in [0.1, 0.15) is 5.75 Å². The molecular weight excluding hydrogens is 347 g/mol. The topological polar surface area (TPSA) is 9.23 Å². The summed E-state index contributed by atoms with van der Waals surface area (Å²) in [6.07, 6.45) is 0.708. The molecule has 0 amide bonds. The molecule has 0 radical (unpaired) electrons. The first kappa shape index (κ1) is 14.7. The van der Waals surface area contributed by atoms with E-state index >= 15 is 0 Å². The first-order chi connectivity index (χ1) is 9.10. The van der Waals surface area contributed by atoms with Crippen LogP contribution in [0.25, 0.3) is 0 Å². The summed E-state index contributed by atoms with van der Waals surface area (Å²) in [7, 11) is 1.66. The molecule has 2 rings (SSSR count). The summed E-state index contributed by atoms with van der Waals surface area (Å²) in [6.45, 7) is 0. The van der Waals surface area contributed by atoms with Crippen molar-refractivity contribution in [2.24, 2.45) is 0 Å². The lowest BCUT2D eigenvalue weighted by atomic mass is 10.0. The molecule has 4 heteroatoms. The van der Waals surface area contributed by atoms with Crippen LogP contribution in [0.1, 0.15) is 16.5 Å². The van der Waals surface area contributed by atoms with Crippen LogP contribution in [0, 0.1) is 0 Å². The van der Waals surface area contributed by atoms with E-state index < -0.39 is 0 Å². The van der Waals surface area contributed by atoms with Gasteiger partial charge in [-0.05, 0) is 41.8 Å². The molecule has 0 aliphatic heterocycles. The zero-order valence-electron chi connectivity index (χ0n) is 10.4. The standard InChI is InChI=1S/C15H13BrCl2O/c1-19-12-4-2-3-10(7-12)8-14(17)13-6-5-11(16)9-15(13)18/h2-7,9,14H,8H2,1H3. The molecule has 0 N–H and O–H groups in total. The van der Waals surface area contributed by atoms with Gasteiger partial charge >= 0.3 is 0 Å². The summed E-state index contributed by atoms with van der Waals surface area (Å²) in [5.74, 6) is 0.836. The second-order valence-electron chi connectivity index (χ2n) is 4.19. The van der Waals surface area contributed by atoms with E-state index in [4.69, 9.17) is 27.9 Å². The molecule has 0 aliphatic carbocycles. The average molecular weight is 360 g/mol. The molecule has 0 heterocycles. The van der Waals surface area contributed by atoms with Gasteiger partial charge < -0.3 is 4.74 Å². The zero-order chi connectivity index (χ0) is 13.8. The Bertz CT molecular complexity index is 572. The molecule has 0 aromatic heterocycles. The highest BCUT2D eigenvalue weighted by Crippen LogP contribution is 2.33. The fraction of sp³-hybridized carbons (Fsp3) is 0.200. The van der Waals surface area contributed by atoms with Crippen LogP contribution in [0.3, 0.4) is 0 Å². The Balaban J connectivity index is 2.17. The quantitative estimate of drug-likeness (QED) is 0.642. The van der Waals surface area contributed by atoms with Crippen molar-refractivity contribution in [3.05, 3.63) is 63.1 Å². The predicted molar refractivity (Wildman–Crippen MR) is 84.4 cm³/mol. The molecule has 1 nitrogen and oxygen atoms in total. The van der Waals surface area contributed by atoms with Crippen LogP contribution in [-0.4, -0.2) is 7.11 Å². The van der Waals surface area contributed by atoms with E-state index in [1.165, 1.54) is 0 Å². The van der Waals surface area contributed by atoms with Crippen molar-refractivity contribution >= 4 is 39.1 Å². The van der Waals surface area contributed by atoms with Crippen molar-refractivity contribution in [2.75, 3.05) is 7.11 Å². The van der Waals surface area contributed by atoms with Gasteiger partial charge in [0.15, 0.2) is 0 Å². The fourth-order valence-electron chi connectivity index (χ4n) is 1.87. The van der Waals surface area contributed by atoms with Crippen molar-refractivity contribution in [3.63, 3.8) is 0 Å². The molecular formula is C15H13BrCl2O. The minimum absolute atomic E-state index is 0.160. The number of halogens is 3. The number of benzene rings is 2. The Kier molecular flexibility index (Phi) is 5.14. The summed E-state index contributed by atoms with van der Waals surface area (Å²) in [4.78, 5) is 0. The molecule has 0 bridgehead atoms. The van der Waals surface area contributed by atoms with Gasteiger partial charge in [0.05, 0.1) is 12.5 Å². The van der Waals surface area contributed by atoms with Crippen molar-refractivity contribution < 1.29 is 4.74 Å². The maximum atomic E-state index is 6.45. The molecule has 100 valence electrons. The first-order valence-electron chi connectivity index (χ1n) is 5.82. The molecule has 0 saturated heterocycles. The van der Waals surface area contributed by atoms with E-state index in [-0.39, 0.29) is 5.38 Å². The summed E-state index contributed by atoms with van der Waals surface area (Å²) in [6, 6.07) is 13.7. The largest absolute Gasteiger partial charge is 0.497 e. The number of hydrogen-bond donors (Lipinski definition) is 0. The van der Waals surface area contributed by atoms with Gasteiger partial charge in [0, 0.05) is 9.50 Å². The van der Waals surface area contributed by atoms with Crippen molar-refractivity contribution in [3.8, 4) is 5.75 Å². The maximum absolute atomic E-state index is 6.45. The highest BCUT2D eigenvalue weighted by atomic mass is 79.9. The van der Waals surface area contributed by atoms with Crippen molar-refractivity contribution in [1.29, 1.82) is 0 Å². The van der Waals surface area contributed by atoms with E-state index in [9.17, 15) is 0 Å². The minimum atomic E-state index is -0.160. The Morgan fingerprint density at radius 2 is 2.00 bits per heavy atom. The van der Waals surface area contributed by atoms with Crippen LogP contribution in [0.4, 0.5) is 0 Å². The van der Waals surface area contributed by atoms with Crippen LogP contribution in [0.5, 0.6) is 5.75 Å². The van der Waals surface area contributed by atoms with E-state index in [0.717, 1.165) is 21.3 Å². The molecule has 1 atom stereocenters. The van der Waals surface area contributed by atoms with Gasteiger partial charge in [0.2, 0.25) is 0 Å². The minimum Gasteiger partial charge on any atom is -0.497 e. The van der Waals surface area contributed by atoms with Gasteiger partial charge in [-0.3, -0.25) is 0 Å². The number of hydrogen-bond acceptors (Lipinski definition) is 1. The summed E-state index contributed by atoms with van der Waals surface area (Å²) in [5.41, 5.74) is 2.06. The first-order valence-corrected chi connectivity index (χ1v) is 7.43. The van der Waals surface area contributed by atoms with Crippen molar-refractivity contribution in [1.82, 2.24) is 0 Å². The highest BCUT2D eigenvalue weighted by Gasteiger charge is 2.13. The lowest BCUT2D eigenvalue weighted by molar-refractivity contribution is 0.414. The van der Waals surface area contributed by atoms with E-state index in [2.05, 4.69) is 15.9 Å². The third kappa shape index (κ3) is 3.88. The number of rotatable bonds is 4. The summed E-state index contributed by atoms with van der Waals surface area (Å²) < 4.78 is 6.16. The van der Waals surface area contributed by atoms with E-state index in [0.29, 0.717) is 11.4 Å². The second-order valence-corrected chi connectivity index (χ2v) is 6.04. The van der Waals surface area contributed by atoms with Gasteiger partial charge in [-0.25, -0.2) is 0 Å². The third-order valence-corrected chi connectivity index (χ3v) is 4.06. The Morgan fingerprint density at radius 3 is 2.68 bits per heavy atom. The molecule has 1 unspecified atom stereocenters. The molecule has 0 spiro atoms. The van der Waals surface area contributed by atoms with Crippen LogP contribution in [0.2, 0.25) is 5.02 Å². The van der Waals surface area contributed by atoms with E-state index in [1.54, 1.807) is 7.11 Å². The molecule has 0 fully saturated rings.